The molecule has 2 aromatic heterocycles. The second-order valence-electron chi connectivity index (χ2n) is 11.0. The van der Waals surface area contributed by atoms with Crippen molar-refractivity contribution in [2.45, 2.75) is 31.7 Å². The van der Waals surface area contributed by atoms with E-state index in [-0.39, 0.29) is 12.1 Å². The standard InChI is InChI=1S/C30H34Cl2N8O/c1-38-14-10-20(11-15-38)18-33-30(41)36-22-12-16-39(17-13-22)28-26-29(35-19-34-28)40(23-8-6-21(31)7-9-23)27(37-26)24-4-2-3-5-25(24)32/h2-9,19-20,22H,10-18H2,1H3,(H2,33,36,41). The Kier molecular flexibility index (Phi) is 8.27. The predicted molar refractivity (Wildman–Crippen MR) is 164 cm³/mol. The fourth-order valence-electron chi connectivity index (χ4n) is 5.75. The van der Waals surface area contributed by atoms with Crippen LogP contribution in [0.15, 0.2) is 54.9 Å². The lowest BCUT2D eigenvalue weighted by atomic mass is 9.97. The van der Waals surface area contributed by atoms with Crippen molar-refractivity contribution in [3.8, 4) is 17.1 Å². The van der Waals surface area contributed by atoms with Crippen LogP contribution in [0.2, 0.25) is 10.0 Å². The first-order valence-corrected chi connectivity index (χ1v) is 14.9. The predicted octanol–water partition coefficient (Wildman–Crippen LogP) is 5.40. The summed E-state index contributed by atoms with van der Waals surface area (Å²) in [7, 11) is 2.15. The zero-order valence-corrected chi connectivity index (χ0v) is 24.6. The smallest absolute Gasteiger partial charge is 0.315 e. The van der Waals surface area contributed by atoms with Crippen molar-refractivity contribution >= 4 is 46.2 Å². The van der Waals surface area contributed by atoms with Gasteiger partial charge in [-0.15, -0.1) is 0 Å². The normalized spacial score (nSPS) is 17.2. The van der Waals surface area contributed by atoms with Crippen LogP contribution in [0.4, 0.5) is 10.6 Å². The molecule has 2 aliphatic rings. The highest BCUT2D eigenvalue weighted by atomic mass is 35.5. The number of halogens is 2. The topological polar surface area (TPSA) is 91.2 Å². The molecule has 0 unspecified atom stereocenters. The lowest BCUT2D eigenvalue weighted by molar-refractivity contribution is 0.208. The number of amides is 2. The van der Waals surface area contributed by atoms with E-state index in [4.69, 9.17) is 28.2 Å². The molecular weight excluding hydrogens is 559 g/mol. The summed E-state index contributed by atoms with van der Waals surface area (Å²) >= 11 is 12.8. The number of carbonyl (C=O) groups excluding carboxylic acids is 1. The third-order valence-corrected chi connectivity index (χ3v) is 8.73. The maximum absolute atomic E-state index is 12.6. The fourth-order valence-corrected chi connectivity index (χ4v) is 6.09. The molecule has 0 bridgehead atoms. The van der Waals surface area contributed by atoms with Gasteiger partial charge in [-0.3, -0.25) is 4.57 Å². The van der Waals surface area contributed by atoms with E-state index in [9.17, 15) is 4.79 Å². The number of carbonyl (C=O) groups is 1. The SMILES string of the molecule is CN1CCC(CNC(=O)NC2CCN(c3ncnc4c3nc(-c3ccccc3Cl)n4-c3ccc(Cl)cc3)CC2)CC1. The number of hydrogen-bond donors (Lipinski definition) is 2. The minimum absolute atomic E-state index is 0.0714. The number of urea groups is 1. The average molecular weight is 594 g/mol. The van der Waals surface area contributed by atoms with E-state index in [0.717, 1.165) is 75.5 Å². The van der Waals surface area contributed by atoms with E-state index in [1.807, 2.05) is 53.1 Å². The molecule has 2 saturated heterocycles. The van der Waals surface area contributed by atoms with Gasteiger partial charge >= 0.3 is 6.03 Å². The molecule has 6 rings (SSSR count). The number of piperidine rings is 2. The summed E-state index contributed by atoms with van der Waals surface area (Å²) in [5.41, 5.74) is 3.09. The Labute approximate surface area is 249 Å². The second-order valence-corrected chi connectivity index (χ2v) is 11.8. The summed E-state index contributed by atoms with van der Waals surface area (Å²) < 4.78 is 2.00. The number of hydrogen-bond acceptors (Lipinski definition) is 6. The number of aromatic nitrogens is 4. The average Bonchev–Trinajstić information content (AvgIpc) is 3.37. The molecule has 2 N–H and O–H groups in total. The van der Waals surface area contributed by atoms with Gasteiger partial charge in [-0.1, -0.05) is 35.3 Å². The van der Waals surface area contributed by atoms with Crippen molar-refractivity contribution in [2.24, 2.45) is 5.92 Å². The van der Waals surface area contributed by atoms with Crippen molar-refractivity contribution in [3.63, 3.8) is 0 Å². The number of benzene rings is 2. The van der Waals surface area contributed by atoms with Crippen LogP contribution in [0, 0.1) is 5.92 Å². The van der Waals surface area contributed by atoms with Gasteiger partial charge in [0.05, 0.1) is 5.02 Å². The molecule has 2 amide bonds. The van der Waals surface area contributed by atoms with Crippen LogP contribution in [0.1, 0.15) is 25.7 Å². The number of imidazole rings is 1. The highest BCUT2D eigenvalue weighted by Crippen LogP contribution is 2.35. The summed E-state index contributed by atoms with van der Waals surface area (Å²) in [4.78, 5) is 31.5. The Morgan fingerprint density at radius 2 is 1.68 bits per heavy atom. The van der Waals surface area contributed by atoms with Gasteiger partial charge in [-0.2, -0.15) is 0 Å². The molecule has 214 valence electrons. The van der Waals surface area contributed by atoms with E-state index < -0.39 is 0 Å². The number of nitrogens with zero attached hydrogens (tertiary/aromatic N) is 6. The van der Waals surface area contributed by atoms with Gasteiger partial charge < -0.3 is 20.4 Å². The van der Waals surface area contributed by atoms with Crippen LogP contribution in [0.5, 0.6) is 0 Å². The number of likely N-dealkylation sites (tertiary alicyclic amines) is 1. The van der Waals surface area contributed by atoms with Crippen LogP contribution in [-0.4, -0.2) is 76.3 Å². The molecule has 0 spiro atoms. The molecule has 41 heavy (non-hydrogen) atoms. The van der Waals surface area contributed by atoms with Crippen LogP contribution >= 0.6 is 23.2 Å². The van der Waals surface area contributed by atoms with Gasteiger partial charge in [0.1, 0.15) is 12.2 Å². The van der Waals surface area contributed by atoms with E-state index in [1.54, 1.807) is 6.33 Å². The maximum Gasteiger partial charge on any atom is 0.315 e. The molecule has 2 aliphatic heterocycles. The monoisotopic (exact) mass is 592 g/mol. The first kappa shape index (κ1) is 27.8. The molecule has 2 aromatic carbocycles. The number of rotatable bonds is 6. The Balaban J connectivity index is 1.19. The van der Waals surface area contributed by atoms with Crippen molar-refractivity contribution in [2.75, 3.05) is 44.7 Å². The molecule has 11 heteroatoms. The zero-order valence-electron chi connectivity index (χ0n) is 23.1. The van der Waals surface area contributed by atoms with Crippen molar-refractivity contribution in [3.05, 3.63) is 64.9 Å². The minimum Gasteiger partial charge on any atom is -0.355 e. The van der Waals surface area contributed by atoms with Gasteiger partial charge in [0.25, 0.3) is 0 Å². The Morgan fingerprint density at radius 3 is 2.41 bits per heavy atom. The van der Waals surface area contributed by atoms with Crippen LogP contribution < -0.4 is 15.5 Å². The van der Waals surface area contributed by atoms with Crippen LogP contribution in [0.25, 0.3) is 28.2 Å². The van der Waals surface area contributed by atoms with Crippen molar-refractivity contribution < 1.29 is 4.79 Å². The van der Waals surface area contributed by atoms with Gasteiger partial charge in [0, 0.05) is 41.9 Å². The second kappa shape index (κ2) is 12.2. The third-order valence-electron chi connectivity index (χ3n) is 8.14. The van der Waals surface area contributed by atoms with Crippen LogP contribution in [-0.2, 0) is 0 Å². The van der Waals surface area contributed by atoms with Gasteiger partial charge in [0.2, 0.25) is 0 Å². The minimum atomic E-state index is -0.0714. The largest absolute Gasteiger partial charge is 0.355 e. The molecular formula is C30H34Cl2N8O. The highest BCUT2D eigenvalue weighted by Gasteiger charge is 2.27. The van der Waals surface area contributed by atoms with Crippen LogP contribution in [0.3, 0.4) is 0 Å². The molecule has 4 aromatic rings. The highest BCUT2D eigenvalue weighted by molar-refractivity contribution is 6.33. The third kappa shape index (κ3) is 6.12. The number of anilines is 1. The quantitative estimate of drug-likeness (QED) is 0.311. The van der Waals surface area contributed by atoms with Gasteiger partial charge in [-0.25, -0.2) is 19.7 Å². The van der Waals surface area contributed by atoms with E-state index in [0.29, 0.717) is 33.0 Å². The molecule has 0 radical (unpaired) electrons. The summed E-state index contributed by atoms with van der Waals surface area (Å²) in [6, 6.07) is 15.3. The fraction of sp³-hybridized carbons (Fsp3) is 0.400. The summed E-state index contributed by atoms with van der Waals surface area (Å²) in [5.74, 6) is 2.02. The first-order chi connectivity index (χ1) is 20.0. The Bertz CT molecular complexity index is 1510. The van der Waals surface area contributed by atoms with E-state index in [1.165, 1.54) is 0 Å². The lowest BCUT2D eigenvalue weighted by Crippen LogP contribution is -2.49. The summed E-state index contributed by atoms with van der Waals surface area (Å²) in [6.45, 7) is 4.44. The molecule has 4 heterocycles. The first-order valence-electron chi connectivity index (χ1n) is 14.2. The van der Waals surface area contributed by atoms with Crippen molar-refractivity contribution in [1.82, 2.24) is 35.1 Å². The molecule has 2 fully saturated rings. The molecule has 0 atom stereocenters. The van der Waals surface area contributed by atoms with E-state index in [2.05, 4.69) is 37.4 Å². The molecule has 0 aliphatic carbocycles. The maximum atomic E-state index is 12.6. The Morgan fingerprint density at radius 1 is 0.951 bits per heavy atom. The zero-order chi connectivity index (χ0) is 28.3. The molecule has 0 saturated carbocycles. The number of nitrogens with one attached hydrogen (secondary N) is 2. The summed E-state index contributed by atoms with van der Waals surface area (Å²) in [6.07, 6.45) is 5.50. The van der Waals surface area contributed by atoms with E-state index >= 15 is 0 Å². The number of fused-ring (bicyclic) bond motifs is 1. The van der Waals surface area contributed by atoms with Gasteiger partial charge in [-0.05, 0) is 88.1 Å². The van der Waals surface area contributed by atoms with Crippen molar-refractivity contribution in [1.29, 1.82) is 0 Å². The lowest BCUT2D eigenvalue weighted by Gasteiger charge is -2.33. The molecule has 9 nitrogen and oxygen atoms in total. The summed E-state index contributed by atoms with van der Waals surface area (Å²) in [5, 5.41) is 7.53. The van der Waals surface area contributed by atoms with Gasteiger partial charge in [0.15, 0.2) is 17.0 Å². The Hall–Kier alpha value is -3.40.